The lowest BCUT2D eigenvalue weighted by atomic mass is 9.98. The highest BCUT2D eigenvalue weighted by molar-refractivity contribution is 6.18. The number of nitrogens with one attached hydrogen (secondary N) is 1. The van der Waals surface area contributed by atoms with Crippen molar-refractivity contribution in [2.24, 2.45) is 11.8 Å². The summed E-state index contributed by atoms with van der Waals surface area (Å²) in [7, 11) is 0. The molecule has 0 aromatic carbocycles. The lowest BCUT2D eigenvalue weighted by Gasteiger charge is -2.17. The molecule has 2 unspecified atom stereocenters. The minimum absolute atomic E-state index is 0.788. The van der Waals surface area contributed by atoms with Crippen LogP contribution in [0.2, 0.25) is 0 Å². The van der Waals surface area contributed by atoms with Crippen LogP contribution >= 0.6 is 11.6 Å². The summed E-state index contributed by atoms with van der Waals surface area (Å²) in [6, 6.07) is 0. The van der Waals surface area contributed by atoms with Crippen LogP contribution in [0.25, 0.3) is 0 Å². The van der Waals surface area contributed by atoms with Gasteiger partial charge in [-0.3, -0.25) is 0 Å². The Morgan fingerprint density at radius 1 is 1.31 bits per heavy atom. The molecule has 0 saturated heterocycles. The Bertz CT molecular complexity index is 127. The third kappa shape index (κ3) is 3.86. The summed E-state index contributed by atoms with van der Waals surface area (Å²) in [6.45, 7) is 4.61. The van der Waals surface area contributed by atoms with E-state index in [1.54, 1.807) is 0 Å². The van der Waals surface area contributed by atoms with E-state index < -0.39 is 0 Å². The summed E-state index contributed by atoms with van der Waals surface area (Å²) in [6.07, 6.45) is 6.71. The first kappa shape index (κ1) is 11.3. The molecule has 0 amide bonds. The summed E-state index contributed by atoms with van der Waals surface area (Å²) in [4.78, 5) is 0. The van der Waals surface area contributed by atoms with Crippen LogP contribution in [0.5, 0.6) is 0 Å². The predicted molar refractivity (Wildman–Crippen MR) is 59.3 cm³/mol. The van der Waals surface area contributed by atoms with Gasteiger partial charge in [-0.05, 0) is 44.2 Å². The van der Waals surface area contributed by atoms with Crippen molar-refractivity contribution in [2.75, 3.05) is 19.0 Å². The van der Waals surface area contributed by atoms with Crippen LogP contribution in [0.15, 0.2) is 0 Å². The Labute approximate surface area is 87.2 Å². The zero-order valence-electron chi connectivity index (χ0n) is 8.69. The fraction of sp³-hybridized carbons (Fsp3) is 1.00. The molecule has 1 saturated carbocycles. The van der Waals surface area contributed by atoms with E-state index in [0.717, 1.165) is 17.7 Å². The molecule has 0 aliphatic heterocycles. The topological polar surface area (TPSA) is 12.0 Å². The van der Waals surface area contributed by atoms with Gasteiger partial charge in [0.1, 0.15) is 0 Å². The fourth-order valence-electron chi connectivity index (χ4n) is 2.17. The molecular weight excluding hydrogens is 182 g/mol. The fourth-order valence-corrected chi connectivity index (χ4v) is 2.58. The van der Waals surface area contributed by atoms with Crippen molar-refractivity contribution >= 4 is 11.6 Å². The zero-order chi connectivity index (χ0) is 9.52. The van der Waals surface area contributed by atoms with Gasteiger partial charge in [0, 0.05) is 5.88 Å². The molecule has 0 aromatic rings. The van der Waals surface area contributed by atoms with Gasteiger partial charge in [-0.1, -0.05) is 19.8 Å². The summed E-state index contributed by atoms with van der Waals surface area (Å²) in [5.74, 6) is 2.50. The summed E-state index contributed by atoms with van der Waals surface area (Å²) >= 11 is 5.91. The lowest BCUT2D eigenvalue weighted by molar-refractivity contribution is 0.395. The molecule has 0 radical (unpaired) electrons. The van der Waals surface area contributed by atoms with E-state index in [2.05, 4.69) is 12.2 Å². The first-order chi connectivity index (χ1) is 6.38. The molecule has 13 heavy (non-hydrogen) atoms. The average molecular weight is 204 g/mol. The average Bonchev–Trinajstić information content (AvgIpc) is 2.60. The molecule has 0 bridgehead atoms. The maximum atomic E-state index is 5.91. The Morgan fingerprint density at radius 3 is 2.77 bits per heavy atom. The van der Waals surface area contributed by atoms with Gasteiger partial charge >= 0.3 is 0 Å². The third-order valence-corrected chi connectivity index (χ3v) is 3.52. The van der Waals surface area contributed by atoms with Gasteiger partial charge in [-0.2, -0.15) is 0 Å². The minimum atomic E-state index is 0.788. The van der Waals surface area contributed by atoms with Crippen LogP contribution in [0.3, 0.4) is 0 Å². The molecule has 1 nitrogen and oxygen atoms in total. The molecule has 0 spiro atoms. The molecule has 0 heterocycles. The molecule has 1 aliphatic rings. The van der Waals surface area contributed by atoms with Crippen LogP contribution in [0.1, 0.15) is 39.0 Å². The Hall–Kier alpha value is 0.250. The van der Waals surface area contributed by atoms with Gasteiger partial charge in [-0.25, -0.2) is 0 Å². The second-order valence-corrected chi connectivity index (χ2v) is 4.47. The number of hydrogen-bond donors (Lipinski definition) is 1. The number of rotatable bonds is 6. The van der Waals surface area contributed by atoms with E-state index in [4.69, 9.17) is 11.6 Å². The Kier molecular flexibility index (Phi) is 5.81. The standard InChI is InChI=1S/C11H22ClN/c1-2-3-7-13-9-11-6-4-5-10(11)8-12/h10-11,13H,2-9H2,1H3. The zero-order valence-corrected chi connectivity index (χ0v) is 9.45. The van der Waals surface area contributed by atoms with Crippen LogP contribution in [0, 0.1) is 11.8 Å². The summed E-state index contributed by atoms with van der Waals surface area (Å²) in [5, 5.41) is 3.53. The minimum Gasteiger partial charge on any atom is -0.316 e. The first-order valence-electron chi connectivity index (χ1n) is 5.65. The molecular formula is C11H22ClN. The van der Waals surface area contributed by atoms with Crippen LogP contribution < -0.4 is 5.32 Å². The largest absolute Gasteiger partial charge is 0.316 e. The van der Waals surface area contributed by atoms with Crippen molar-refractivity contribution in [2.45, 2.75) is 39.0 Å². The monoisotopic (exact) mass is 203 g/mol. The highest BCUT2D eigenvalue weighted by Crippen LogP contribution is 2.31. The second-order valence-electron chi connectivity index (χ2n) is 4.16. The maximum Gasteiger partial charge on any atom is 0.0254 e. The van der Waals surface area contributed by atoms with E-state index in [0.29, 0.717) is 0 Å². The van der Waals surface area contributed by atoms with Gasteiger partial charge in [0.05, 0.1) is 0 Å². The molecule has 0 aromatic heterocycles. The molecule has 1 fully saturated rings. The summed E-state index contributed by atoms with van der Waals surface area (Å²) in [5.41, 5.74) is 0. The van der Waals surface area contributed by atoms with Crippen molar-refractivity contribution in [1.82, 2.24) is 5.32 Å². The number of hydrogen-bond acceptors (Lipinski definition) is 1. The van der Waals surface area contributed by atoms with Crippen molar-refractivity contribution in [3.63, 3.8) is 0 Å². The van der Waals surface area contributed by atoms with E-state index in [1.165, 1.54) is 45.2 Å². The van der Waals surface area contributed by atoms with E-state index >= 15 is 0 Å². The van der Waals surface area contributed by atoms with Crippen molar-refractivity contribution in [1.29, 1.82) is 0 Å². The van der Waals surface area contributed by atoms with Crippen LogP contribution in [-0.2, 0) is 0 Å². The van der Waals surface area contributed by atoms with Gasteiger partial charge in [0.2, 0.25) is 0 Å². The van der Waals surface area contributed by atoms with Crippen molar-refractivity contribution in [3.05, 3.63) is 0 Å². The normalized spacial score (nSPS) is 28.2. The van der Waals surface area contributed by atoms with E-state index in [-0.39, 0.29) is 0 Å². The first-order valence-corrected chi connectivity index (χ1v) is 6.18. The number of alkyl halides is 1. The predicted octanol–water partition coefficient (Wildman–Crippen LogP) is 3.03. The molecule has 2 atom stereocenters. The van der Waals surface area contributed by atoms with Crippen molar-refractivity contribution in [3.8, 4) is 0 Å². The van der Waals surface area contributed by atoms with E-state index in [9.17, 15) is 0 Å². The van der Waals surface area contributed by atoms with Gasteiger partial charge in [0.15, 0.2) is 0 Å². The smallest absolute Gasteiger partial charge is 0.0254 e. The SMILES string of the molecule is CCCCNCC1CCCC1CCl. The van der Waals surface area contributed by atoms with Crippen LogP contribution in [-0.4, -0.2) is 19.0 Å². The maximum absolute atomic E-state index is 5.91. The molecule has 2 heteroatoms. The molecule has 1 rings (SSSR count). The summed E-state index contributed by atoms with van der Waals surface area (Å²) < 4.78 is 0. The highest BCUT2D eigenvalue weighted by Gasteiger charge is 2.25. The molecule has 78 valence electrons. The molecule has 1 N–H and O–H groups in total. The van der Waals surface area contributed by atoms with Gasteiger partial charge in [0.25, 0.3) is 0 Å². The number of halogens is 1. The highest BCUT2D eigenvalue weighted by atomic mass is 35.5. The lowest BCUT2D eigenvalue weighted by Crippen LogP contribution is -2.26. The Balaban J connectivity index is 2.06. The second kappa shape index (κ2) is 6.67. The van der Waals surface area contributed by atoms with Gasteiger partial charge in [-0.15, -0.1) is 11.6 Å². The quantitative estimate of drug-likeness (QED) is 0.517. The van der Waals surface area contributed by atoms with Crippen molar-refractivity contribution < 1.29 is 0 Å². The van der Waals surface area contributed by atoms with Gasteiger partial charge < -0.3 is 5.32 Å². The Morgan fingerprint density at radius 2 is 2.08 bits per heavy atom. The molecule has 1 aliphatic carbocycles. The number of unbranched alkanes of at least 4 members (excludes halogenated alkanes) is 1. The van der Waals surface area contributed by atoms with E-state index in [1.807, 2.05) is 0 Å². The third-order valence-electron chi connectivity index (χ3n) is 3.13. The van der Waals surface area contributed by atoms with Crippen LogP contribution in [0.4, 0.5) is 0 Å².